The lowest BCUT2D eigenvalue weighted by Gasteiger charge is -2.22. The van der Waals surface area contributed by atoms with Crippen LogP contribution >= 0.6 is 24.0 Å². The molecule has 0 spiro atoms. The molecule has 0 radical (unpaired) electrons. The largest absolute Gasteiger partial charge is 0.352 e. The molecule has 28 heavy (non-hydrogen) atoms. The Morgan fingerprint density at radius 1 is 1.14 bits per heavy atom. The van der Waals surface area contributed by atoms with E-state index < -0.39 is 10.0 Å². The maximum absolute atomic E-state index is 12.2. The van der Waals surface area contributed by atoms with Gasteiger partial charge < -0.3 is 10.2 Å². The summed E-state index contributed by atoms with van der Waals surface area (Å²) in [5, 5.41) is 3.38. The Hall–Kier alpha value is -1.65. The lowest BCUT2D eigenvalue weighted by atomic mass is 10.2. The highest BCUT2D eigenvalue weighted by Crippen LogP contribution is 2.27. The standard InChI is InChI=1S/C20H24N4O2S.HI/c1-21-20(24-13-12-16-4-2-3-5-19(16)24)22-14-15-6-10-18(11-7-15)27(25,26)23-17-8-9-17;/h2-7,10-11,17,23H,8-9,12-14H2,1H3,(H,21,22);1H. The van der Waals surface area contributed by atoms with Gasteiger partial charge in [0.15, 0.2) is 5.96 Å². The zero-order valence-electron chi connectivity index (χ0n) is 15.8. The molecule has 2 aliphatic rings. The molecule has 150 valence electrons. The summed E-state index contributed by atoms with van der Waals surface area (Å²) in [7, 11) is -1.62. The van der Waals surface area contributed by atoms with Gasteiger partial charge in [-0.05, 0) is 48.6 Å². The van der Waals surface area contributed by atoms with Crippen LogP contribution in [0.2, 0.25) is 0 Å². The van der Waals surface area contributed by atoms with Crippen LogP contribution in [0.1, 0.15) is 24.0 Å². The minimum absolute atomic E-state index is 0. The van der Waals surface area contributed by atoms with Crippen molar-refractivity contribution in [2.75, 3.05) is 18.5 Å². The maximum atomic E-state index is 12.2. The van der Waals surface area contributed by atoms with Gasteiger partial charge in [0.1, 0.15) is 0 Å². The summed E-state index contributed by atoms with van der Waals surface area (Å²) < 4.78 is 27.2. The molecule has 1 saturated carbocycles. The van der Waals surface area contributed by atoms with Crippen molar-refractivity contribution in [1.82, 2.24) is 10.0 Å². The Morgan fingerprint density at radius 3 is 2.54 bits per heavy atom. The predicted octanol–water partition coefficient (Wildman–Crippen LogP) is 2.88. The van der Waals surface area contributed by atoms with Crippen molar-refractivity contribution < 1.29 is 8.42 Å². The molecule has 6 nitrogen and oxygen atoms in total. The summed E-state index contributed by atoms with van der Waals surface area (Å²) in [6.45, 7) is 1.49. The second-order valence-corrected chi connectivity index (χ2v) is 8.68. The fraction of sp³-hybridized carbons (Fsp3) is 0.350. The Morgan fingerprint density at radius 2 is 1.86 bits per heavy atom. The van der Waals surface area contributed by atoms with Crippen molar-refractivity contribution in [3.63, 3.8) is 0 Å². The molecule has 1 aliphatic heterocycles. The van der Waals surface area contributed by atoms with Crippen LogP contribution in [-0.4, -0.2) is 34.0 Å². The third kappa shape index (κ3) is 4.66. The van der Waals surface area contributed by atoms with Crippen molar-refractivity contribution >= 4 is 45.6 Å². The first-order valence-corrected chi connectivity index (χ1v) is 10.7. The smallest absolute Gasteiger partial charge is 0.240 e. The lowest BCUT2D eigenvalue weighted by Crippen LogP contribution is -2.40. The second-order valence-electron chi connectivity index (χ2n) is 6.97. The molecule has 0 atom stereocenters. The SMILES string of the molecule is CN=C(NCc1ccc(S(=O)(=O)NC2CC2)cc1)N1CCc2ccccc21.I. The normalized spacial score (nSPS) is 16.5. The fourth-order valence-electron chi connectivity index (χ4n) is 3.31. The molecule has 0 aromatic heterocycles. The molecule has 0 unspecified atom stereocenters. The third-order valence-corrected chi connectivity index (χ3v) is 6.47. The zero-order chi connectivity index (χ0) is 18.9. The minimum Gasteiger partial charge on any atom is -0.352 e. The van der Waals surface area contributed by atoms with Crippen molar-refractivity contribution in [3.8, 4) is 0 Å². The summed E-state index contributed by atoms with van der Waals surface area (Å²) in [6, 6.07) is 15.5. The van der Waals surface area contributed by atoms with Gasteiger partial charge in [-0.25, -0.2) is 13.1 Å². The van der Waals surface area contributed by atoms with Gasteiger partial charge >= 0.3 is 0 Å². The summed E-state index contributed by atoms with van der Waals surface area (Å²) in [4.78, 5) is 6.91. The van der Waals surface area contributed by atoms with E-state index in [1.165, 1.54) is 11.3 Å². The quantitative estimate of drug-likeness (QED) is 0.367. The van der Waals surface area contributed by atoms with E-state index in [-0.39, 0.29) is 30.0 Å². The topological polar surface area (TPSA) is 73.8 Å². The van der Waals surface area contributed by atoms with E-state index in [0.29, 0.717) is 11.4 Å². The van der Waals surface area contributed by atoms with Gasteiger partial charge in [-0.15, -0.1) is 24.0 Å². The minimum atomic E-state index is -3.40. The number of nitrogens with zero attached hydrogens (tertiary/aromatic N) is 2. The molecule has 1 aliphatic carbocycles. The monoisotopic (exact) mass is 512 g/mol. The molecular weight excluding hydrogens is 487 g/mol. The van der Waals surface area contributed by atoms with E-state index in [9.17, 15) is 8.42 Å². The number of fused-ring (bicyclic) bond motifs is 1. The summed E-state index contributed by atoms with van der Waals surface area (Å²) in [5.41, 5.74) is 3.53. The number of sulfonamides is 1. The number of hydrogen-bond donors (Lipinski definition) is 2. The van der Waals surface area contributed by atoms with Crippen LogP contribution in [0.15, 0.2) is 58.4 Å². The van der Waals surface area contributed by atoms with E-state index in [0.717, 1.165) is 37.3 Å². The van der Waals surface area contributed by atoms with Crippen LogP contribution in [0.3, 0.4) is 0 Å². The first-order chi connectivity index (χ1) is 13.1. The van der Waals surface area contributed by atoms with Crippen LogP contribution in [0.5, 0.6) is 0 Å². The van der Waals surface area contributed by atoms with Crippen molar-refractivity contribution in [3.05, 3.63) is 59.7 Å². The van der Waals surface area contributed by atoms with Crippen molar-refractivity contribution in [1.29, 1.82) is 0 Å². The summed E-state index contributed by atoms with van der Waals surface area (Å²) in [6.07, 6.45) is 2.87. The molecular formula is C20H25IN4O2S. The van der Waals surface area contributed by atoms with E-state index >= 15 is 0 Å². The molecule has 2 aromatic carbocycles. The summed E-state index contributed by atoms with van der Waals surface area (Å²) in [5.74, 6) is 0.826. The van der Waals surface area contributed by atoms with Gasteiger partial charge in [-0.3, -0.25) is 4.99 Å². The number of guanidine groups is 1. The number of aliphatic imine (C=N–C) groups is 1. The number of hydrogen-bond acceptors (Lipinski definition) is 3. The van der Waals surface area contributed by atoms with Gasteiger partial charge in [0, 0.05) is 31.9 Å². The van der Waals surface area contributed by atoms with Crippen LogP contribution in [0.25, 0.3) is 0 Å². The Balaban J connectivity index is 0.00000225. The molecule has 1 heterocycles. The van der Waals surface area contributed by atoms with E-state index in [1.807, 2.05) is 18.2 Å². The van der Waals surface area contributed by atoms with Gasteiger partial charge in [-0.1, -0.05) is 30.3 Å². The van der Waals surface area contributed by atoms with Gasteiger partial charge in [0.25, 0.3) is 0 Å². The highest BCUT2D eigenvalue weighted by atomic mass is 127. The lowest BCUT2D eigenvalue weighted by molar-refractivity contribution is 0.581. The molecule has 0 amide bonds. The molecule has 8 heteroatoms. The van der Waals surface area contributed by atoms with Gasteiger partial charge in [0.05, 0.1) is 4.90 Å². The van der Waals surface area contributed by atoms with E-state index in [4.69, 9.17) is 0 Å². The zero-order valence-corrected chi connectivity index (χ0v) is 18.9. The van der Waals surface area contributed by atoms with Gasteiger partial charge in [0.2, 0.25) is 10.0 Å². The van der Waals surface area contributed by atoms with Crippen molar-refractivity contribution in [2.45, 2.75) is 36.7 Å². The number of halogens is 1. The molecule has 0 bridgehead atoms. The number of anilines is 1. The van der Waals surface area contributed by atoms with Gasteiger partial charge in [-0.2, -0.15) is 0 Å². The Kier molecular flexibility index (Phi) is 6.61. The van der Waals surface area contributed by atoms with E-state index in [1.54, 1.807) is 19.2 Å². The average molecular weight is 512 g/mol. The maximum Gasteiger partial charge on any atom is 0.240 e. The number of rotatable bonds is 5. The summed E-state index contributed by atoms with van der Waals surface area (Å²) >= 11 is 0. The van der Waals surface area contributed by atoms with Crippen LogP contribution in [0, 0.1) is 0 Å². The third-order valence-electron chi connectivity index (χ3n) is 4.94. The number of para-hydroxylation sites is 1. The van der Waals surface area contributed by atoms with Crippen LogP contribution in [-0.2, 0) is 23.0 Å². The number of benzene rings is 2. The molecule has 2 N–H and O–H groups in total. The Bertz CT molecular complexity index is 956. The number of nitrogens with one attached hydrogen (secondary N) is 2. The second kappa shape index (κ2) is 8.79. The molecule has 0 saturated heterocycles. The first-order valence-electron chi connectivity index (χ1n) is 9.24. The molecule has 2 aromatic rings. The van der Waals surface area contributed by atoms with E-state index in [2.05, 4.69) is 38.1 Å². The predicted molar refractivity (Wildman–Crippen MR) is 123 cm³/mol. The van der Waals surface area contributed by atoms with Crippen LogP contribution < -0.4 is 14.9 Å². The molecule has 4 rings (SSSR count). The molecule has 1 fully saturated rings. The fourth-order valence-corrected chi connectivity index (χ4v) is 4.61. The highest BCUT2D eigenvalue weighted by molar-refractivity contribution is 14.0. The first kappa shape index (κ1) is 21.1. The highest BCUT2D eigenvalue weighted by Gasteiger charge is 2.28. The van der Waals surface area contributed by atoms with Crippen molar-refractivity contribution in [2.24, 2.45) is 4.99 Å². The average Bonchev–Trinajstić information content (AvgIpc) is 3.38. The Labute approximate surface area is 183 Å². The van der Waals surface area contributed by atoms with Crippen LogP contribution in [0.4, 0.5) is 5.69 Å².